The smallest absolute Gasteiger partial charge is 0.337 e. The fourth-order valence-corrected chi connectivity index (χ4v) is 4.64. The van der Waals surface area contributed by atoms with Crippen LogP contribution in [0.1, 0.15) is 30.0 Å². The van der Waals surface area contributed by atoms with Crippen molar-refractivity contribution >= 4 is 28.5 Å². The first-order valence-corrected chi connectivity index (χ1v) is 11.2. The van der Waals surface area contributed by atoms with Crippen LogP contribution in [0.5, 0.6) is 0 Å². The number of para-hydroxylation sites is 1. The van der Waals surface area contributed by atoms with E-state index in [9.17, 15) is 18.8 Å². The van der Waals surface area contributed by atoms with Crippen LogP contribution in [0.15, 0.2) is 69.0 Å². The van der Waals surface area contributed by atoms with Crippen LogP contribution in [0.25, 0.3) is 22.8 Å². The number of fused-ring (bicyclic) bond motifs is 2. The van der Waals surface area contributed by atoms with Gasteiger partial charge in [-0.15, -0.1) is 0 Å². The molecule has 0 bridgehead atoms. The highest BCUT2D eigenvalue weighted by Crippen LogP contribution is 2.34. The topological polar surface area (TPSA) is 78.0 Å². The van der Waals surface area contributed by atoms with Crippen LogP contribution in [-0.2, 0) is 13.5 Å². The molecule has 1 fully saturated rings. The predicted octanol–water partition coefficient (Wildman–Crippen LogP) is 3.64. The molecular formula is C26H21FN4O3. The number of nitrogens with zero attached hydrogens (tertiary/aromatic N) is 3. The minimum absolute atomic E-state index is 0.160. The molecule has 0 unspecified atom stereocenters. The summed E-state index contributed by atoms with van der Waals surface area (Å²) in [5, 5.41) is 3.15. The molecule has 0 spiro atoms. The molecule has 1 saturated carbocycles. The Labute approximate surface area is 193 Å². The minimum Gasteiger partial charge on any atom is -0.352 e. The number of aryl methyl sites for hydroxylation is 1. The van der Waals surface area contributed by atoms with Crippen molar-refractivity contribution in [3.8, 4) is 5.69 Å². The van der Waals surface area contributed by atoms with Crippen molar-refractivity contribution in [2.75, 3.05) is 5.32 Å². The van der Waals surface area contributed by atoms with Gasteiger partial charge in [-0.05, 0) is 54.7 Å². The summed E-state index contributed by atoms with van der Waals surface area (Å²) < 4.78 is 18.9. The molecule has 7 nitrogen and oxygen atoms in total. The maximum atomic E-state index is 14.9. The second-order valence-corrected chi connectivity index (χ2v) is 8.78. The van der Waals surface area contributed by atoms with Gasteiger partial charge in [0.1, 0.15) is 16.9 Å². The second-order valence-electron chi connectivity index (χ2n) is 8.78. The number of pyridine rings is 1. The molecule has 4 aromatic rings. The zero-order chi connectivity index (χ0) is 23.6. The Morgan fingerprint density at radius 2 is 1.76 bits per heavy atom. The van der Waals surface area contributed by atoms with Crippen LogP contribution in [-0.4, -0.2) is 13.7 Å². The Hall–Kier alpha value is -4.20. The molecule has 0 saturated heterocycles. The average molecular weight is 456 g/mol. The molecule has 0 amide bonds. The van der Waals surface area contributed by atoms with Gasteiger partial charge in [-0.25, -0.2) is 13.8 Å². The molecule has 2 aromatic carbocycles. The Kier molecular flexibility index (Phi) is 4.45. The minimum atomic E-state index is -0.493. The number of anilines is 2. The quantitative estimate of drug-likeness (QED) is 0.509. The Morgan fingerprint density at radius 3 is 2.50 bits per heavy atom. The highest BCUT2D eigenvalue weighted by Gasteiger charge is 2.31. The number of hydrogen-bond donors (Lipinski definition) is 1. The van der Waals surface area contributed by atoms with Gasteiger partial charge in [0.25, 0.3) is 11.1 Å². The maximum absolute atomic E-state index is 14.9. The highest BCUT2D eigenvalue weighted by molar-refractivity contribution is 5.91. The summed E-state index contributed by atoms with van der Waals surface area (Å²) in [5.74, 6) is -0.477. The van der Waals surface area contributed by atoms with Gasteiger partial charge in [0.15, 0.2) is 0 Å². The van der Waals surface area contributed by atoms with Crippen molar-refractivity contribution < 1.29 is 4.39 Å². The molecule has 0 radical (unpaired) electrons. The van der Waals surface area contributed by atoms with E-state index in [0.717, 1.165) is 24.0 Å². The van der Waals surface area contributed by atoms with Gasteiger partial charge in [-0.2, -0.15) is 0 Å². The lowest BCUT2D eigenvalue weighted by atomic mass is 10.1. The van der Waals surface area contributed by atoms with Crippen LogP contribution < -0.4 is 22.1 Å². The molecule has 1 N–H and O–H groups in total. The fraction of sp³-hybridized carbons (Fsp3) is 0.192. The molecule has 170 valence electrons. The van der Waals surface area contributed by atoms with Gasteiger partial charge in [-0.1, -0.05) is 30.4 Å². The lowest BCUT2D eigenvalue weighted by Gasteiger charge is -2.19. The predicted molar refractivity (Wildman–Crippen MR) is 130 cm³/mol. The number of allylic oxidation sites excluding steroid dienone is 1. The molecular weight excluding hydrogens is 435 g/mol. The van der Waals surface area contributed by atoms with Crippen molar-refractivity contribution in [3.05, 3.63) is 103 Å². The molecule has 2 aliphatic rings. The fourth-order valence-electron chi connectivity index (χ4n) is 4.64. The normalized spacial score (nSPS) is 14.5. The van der Waals surface area contributed by atoms with Gasteiger partial charge < -0.3 is 5.32 Å². The highest BCUT2D eigenvalue weighted by atomic mass is 19.1. The third-order valence-electron chi connectivity index (χ3n) is 6.51. The van der Waals surface area contributed by atoms with Crippen LogP contribution in [0.2, 0.25) is 0 Å². The number of benzene rings is 2. The van der Waals surface area contributed by atoms with Crippen LogP contribution in [0.3, 0.4) is 0 Å². The third-order valence-corrected chi connectivity index (χ3v) is 6.51. The molecule has 34 heavy (non-hydrogen) atoms. The summed E-state index contributed by atoms with van der Waals surface area (Å²) in [4.78, 5) is 40.1. The zero-order valence-corrected chi connectivity index (χ0v) is 18.4. The molecule has 2 aliphatic carbocycles. The van der Waals surface area contributed by atoms with Crippen molar-refractivity contribution in [1.29, 1.82) is 0 Å². The molecule has 0 atom stereocenters. The van der Waals surface area contributed by atoms with E-state index in [0.29, 0.717) is 12.1 Å². The maximum Gasteiger partial charge on any atom is 0.337 e. The molecule has 6 rings (SSSR count). The van der Waals surface area contributed by atoms with Gasteiger partial charge >= 0.3 is 5.69 Å². The lowest BCUT2D eigenvalue weighted by Crippen LogP contribution is -2.41. The van der Waals surface area contributed by atoms with Gasteiger partial charge in [0.2, 0.25) is 0 Å². The summed E-state index contributed by atoms with van der Waals surface area (Å²) in [7, 11) is 1.52. The summed E-state index contributed by atoms with van der Waals surface area (Å²) in [6, 6.07) is 13.1. The Morgan fingerprint density at radius 1 is 1.00 bits per heavy atom. The number of nitrogens with one attached hydrogen (secondary N) is 1. The first-order chi connectivity index (χ1) is 16.4. The van der Waals surface area contributed by atoms with Gasteiger partial charge in [0.05, 0.1) is 17.1 Å². The van der Waals surface area contributed by atoms with E-state index in [4.69, 9.17) is 0 Å². The lowest BCUT2D eigenvalue weighted by molar-refractivity contribution is 0.630. The molecule has 0 aliphatic heterocycles. The summed E-state index contributed by atoms with van der Waals surface area (Å²) in [6.07, 6.45) is 5.99. The third kappa shape index (κ3) is 3.06. The number of hydrogen-bond acceptors (Lipinski definition) is 4. The van der Waals surface area contributed by atoms with Crippen molar-refractivity contribution in [2.24, 2.45) is 7.05 Å². The first kappa shape index (κ1) is 20.4. The number of halogens is 1. The summed E-state index contributed by atoms with van der Waals surface area (Å²) in [6.45, 7) is 0. The van der Waals surface area contributed by atoms with E-state index in [1.807, 2.05) is 18.2 Å². The van der Waals surface area contributed by atoms with Crippen LogP contribution in [0, 0.1) is 5.82 Å². The summed E-state index contributed by atoms with van der Waals surface area (Å²) >= 11 is 0. The SMILES string of the molecule is Cn1c(=O)cc(Nc2cc3c(cc2F)CC=C3)c2c(=O)n(C3CC3)c(=O)n(-c3ccccc3)c21. The standard InChI is InChI=1S/C26H21FN4O3/c1-29-22(32)14-21(28-20-13-16-7-5-6-15(16)12-19(20)27)23-24(29)30(17-8-3-2-4-9-17)26(34)31(25(23)33)18-10-11-18/h2-5,7-9,12-14,18,28H,6,10-11H2,1H3. The van der Waals surface area contributed by atoms with E-state index in [-0.39, 0.29) is 28.5 Å². The molecule has 8 heteroatoms. The van der Waals surface area contributed by atoms with E-state index < -0.39 is 22.6 Å². The van der Waals surface area contributed by atoms with E-state index in [1.165, 1.54) is 32.9 Å². The Bertz CT molecular complexity index is 1690. The number of rotatable bonds is 4. The van der Waals surface area contributed by atoms with E-state index >= 15 is 0 Å². The van der Waals surface area contributed by atoms with E-state index in [2.05, 4.69) is 5.32 Å². The second kappa shape index (κ2) is 7.41. The van der Waals surface area contributed by atoms with Crippen molar-refractivity contribution in [3.63, 3.8) is 0 Å². The van der Waals surface area contributed by atoms with E-state index in [1.54, 1.807) is 30.3 Å². The Balaban J connectivity index is 1.69. The van der Waals surface area contributed by atoms with Crippen LogP contribution in [0.4, 0.5) is 15.8 Å². The number of aromatic nitrogens is 3. The van der Waals surface area contributed by atoms with Crippen molar-refractivity contribution in [2.45, 2.75) is 25.3 Å². The largest absolute Gasteiger partial charge is 0.352 e. The molecule has 2 aromatic heterocycles. The van der Waals surface area contributed by atoms with Crippen molar-refractivity contribution in [1.82, 2.24) is 13.7 Å². The van der Waals surface area contributed by atoms with Crippen LogP contribution >= 0.6 is 0 Å². The van der Waals surface area contributed by atoms with Gasteiger partial charge in [-0.3, -0.25) is 18.7 Å². The average Bonchev–Trinajstić information content (AvgIpc) is 3.55. The van der Waals surface area contributed by atoms with Gasteiger partial charge in [0, 0.05) is 19.2 Å². The molecule has 2 heterocycles. The monoisotopic (exact) mass is 456 g/mol. The first-order valence-electron chi connectivity index (χ1n) is 11.2. The summed E-state index contributed by atoms with van der Waals surface area (Å²) in [5.41, 5.74) is 1.38. The zero-order valence-electron chi connectivity index (χ0n) is 18.4.